The molecule has 1 saturated carbocycles. The van der Waals surface area contributed by atoms with Crippen molar-refractivity contribution < 1.29 is 13.2 Å². The van der Waals surface area contributed by atoms with E-state index < -0.39 is 10.0 Å². The van der Waals surface area contributed by atoms with Crippen LogP contribution < -0.4 is 4.72 Å². The van der Waals surface area contributed by atoms with Crippen LogP contribution in [0.2, 0.25) is 5.02 Å². The van der Waals surface area contributed by atoms with E-state index in [1.54, 1.807) is 48.6 Å². The number of benzene rings is 2. The summed E-state index contributed by atoms with van der Waals surface area (Å²) < 4.78 is 27.6. The molecule has 0 saturated heterocycles. The van der Waals surface area contributed by atoms with Crippen molar-refractivity contribution in [2.75, 3.05) is 17.8 Å². The van der Waals surface area contributed by atoms with Gasteiger partial charge in [0.05, 0.1) is 15.6 Å². The number of sulfonamides is 1. The minimum absolute atomic E-state index is 0.00386. The second-order valence-electron chi connectivity index (χ2n) is 7.22. The molecular formula is C22H25ClN2O3S. The number of para-hydroxylation sites is 1. The average Bonchev–Trinajstić information content (AvgIpc) is 3.52. The second-order valence-corrected chi connectivity index (χ2v) is 9.30. The molecule has 0 atom stereocenters. The molecule has 5 nitrogen and oxygen atoms in total. The largest absolute Gasteiger partial charge is 0.339 e. The van der Waals surface area contributed by atoms with Gasteiger partial charge < -0.3 is 4.90 Å². The lowest BCUT2D eigenvalue weighted by atomic mass is 10.2. The number of hydrogen-bond donors (Lipinski definition) is 1. The molecule has 3 rings (SSSR count). The van der Waals surface area contributed by atoms with Crippen LogP contribution in [0.5, 0.6) is 0 Å². The Bertz CT molecular complexity index is 983. The van der Waals surface area contributed by atoms with Gasteiger partial charge in [-0.05, 0) is 61.1 Å². The summed E-state index contributed by atoms with van der Waals surface area (Å²) in [6.07, 6.45) is 6.61. The van der Waals surface area contributed by atoms with E-state index in [0.29, 0.717) is 16.6 Å². The van der Waals surface area contributed by atoms with Crippen molar-refractivity contribution in [1.29, 1.82) is 0 Å². The first-order valence-electron chi connectivity index (χ1n) is 9.73. The zero-order chi connectivity index (χ0) is 20.9. The van der Waals surface area contributed by atoms with Crippen LogP contribution in [-0.4, -0.2) is 32.3 Å². The van der Waals surface area contributed by atoms with Crippen LogP contribution in [0.4, 0.5) is 5.69 Å². The number of rotatable bonds is 9. The molecule has 0 radical (unpaired) electrons. The molecule has 154 valence electrons. The van der Waals surface area contributed by atoms with E-state index in [1.807, 2.05) is 4.90 Å². The topological polar surface area (TPSA) is 66.5 Å². The van der Waals surface area contributed by atoms with Gasteiger partial charge in [0, 0.05) is 19.2 Å². The van der Waals surface area contributed by atoms with Crippen LogP contribution in [0.3, 0.4) is 0 Å². The van der Waals surface area contributed by atoms with Gasteiger partial charge in [-0.15, -0.1) is 0 Å². The number of hydrogen-bond acceptors (Lipinski definition) is 3. The first-order chi connectivity index (χ1) is 13.9. The van der Waals surface area contributed by atoms with Gasteiger partial charge in [0.1, 0.15) is 0 Å². The van der Waals surface area contributed by atoms with Crippen LogP contribution in [0.1, 0.15) is 31.7 Å². The highest BCUT2D eigenvalue weighted by atomic mass is 35.5. The predicted octanol–water partition coefficient (Wildman–Crippen LogP) is 4.80. The van der Waals surface area contributed by atoms with Gasteiger partial charge in [-0.3, -0.25) is 9.52 Å². The molecule has 0 aliphatic heterocycles. The van der Waals surface area contributed by atoms with Crippen molar-refractivity contribution in [2.45, 2.75) is 31.1 Å². The molecule has 1 aliphatic carbocycles. The van der Waals surface area contributed by atoms with Crippen molar-refractivity contribution in [3.63, 3.8) is 0 Å². The number of nitrogens with zero attached hydrogens (tertiary/aromatic N) is 1. The third-order valence-electron chi connectivity index (χ3n) is 4.71. The number of carbonyl (C=O) groups excluding carboxylic acids is 1. The summed E-state index contributed by atoms with van der Waals surface area (Å²) in [4.78, 5) is 14.5. The molecule has 0 unspecified atom stereocenters. The van der Waals surface area contributed by atoms with E-state index in [-0.39, 0.29) is 10.8 Å². The zero-order valence-corrected chi connectivity index (χ0v) is 17.9. The molecule has 7 heteroatoms. The van der Waals surface area contributed by atoms with Crippen molar-refractivity contribution in [2.24, 2.45) is 5.92 Å². The molecule has 1 N–H and O–H groups in total. The van der Waals surface area contributed by atoms with Crippen LogP contribution in [0, 0.1) is 5.92 Å². The highest BCUT2D eigenvalue weighted by Crippen LogP contribution is 2.30. The van der Waals surface area contributed by atoms with Gasteiger partial charge in [0.25, 0.3) is 10.0 Å². The normalized spacial score (nSPS) is 14.1. The maximum atomic E-state index is 12.6. The first-order valence-corrected chi connectivity index (χ1v) is 11.6. The number of anilines is 1. The summed E-state index contributed by atoms with van der Waals surface area (Å²) in [7, 11) is -3.74. The molecule has 2 aromatic rings. The highest BCUT2D eigenvalue weighted by Gasteiger charge is 2.25. The van der Waals surface area contributed by atoms with Gasteiger partial charge in [-0.25, -0.2) is 8.42 Å². The molecule has 0 spiro atoms. The lowest BCUT2D eigenvalue weighted by Crippen LogP contribution is -2.32. The Labute approximate surface area is 177 Å². The minimum atomic E-state index is -3.74. The maximum Gasteiger partial charge on any atom is 0.261 e. The van der Waals surface area contributed by atoms with E-state index >= 15 is 0 Å². The zero-order valence-electron chi connectivity index (χ0n) is 16.3. The summed E-state index contributed by atoms with van der Waals surface area (Å²) in [6, 6.07) is 13.0. The lowest BCUT2D eigenvalue weighted by molar-refractivity contribution is -0.126. The lowest BCUT2D eigenvalue weighted by Gasteiger charge is -2.20. The highest BCUT2D eigenvalue weighted by molar-refractivity contribution is 7.92. The SMILES string of the molecule is CCCN(CC1CC1)C(=O)/C=C/c1ccc(S(=O)(=O)Nc2ccccc2Cl)cc1. The Balaban J connectivity index is 1.66. The first kappa shape index (κ1) is 21.4. The third-order valence-corrected chi connectivity index (χ3v) is 6.42. The van der Waals surface area contributed by atoms with Gasteiger partial charge in [0.2, 0.25) is 5.91 Å². The molecule has 0 aromatic heterocycles. The number of carbonyl (C=O) groups is 1. The van der Waals surface area contributed by atoms with Crippen molar-refractivity contribution in [3.05, 3.63) is 65.2 Å². The Kier molecular flexibility index (Phi) is 6.98. The summed E-state index contributed by atoms with van der Waals surface area (Å²) in [5.41, 5.74) is 1.09. The van der Waals surface area contributed by atoms with E-state index in [4.69, 9.17) is 11.6 Å². The molecular weight excluding hydrogens is 408 g/mol. The number of halogens is 1. The fourth-order valence-electron chi connectivity index (χ4n) is 2.95. The number of amides is 1. The molecule has 1 aliphatic rings. The minimum Gasteiger partial charge on any atom is -0.339 e. The van der Waals surface area contributed by atoms with Gasteiger partial charge in [-0.1, -0.05) is 42.8 Å². The monoisotopic (exact) mass is 432 g/mol. The molecule has 29 heavy (non-hydrogen) atoms. The summed E-state index contributed by atoms with van der Waals surface area (Å²) in [6.45, 7) is 3.64. The van der Waals surface area contributed by atoms with Crippen LogP contribution in [-0.2, 0) is 14.8 Å². The Hall–Kier alpha value is -2.31. The fraction of sp³-hybridized carbons (Fsp3) is 0.318. The Morgan fingerprint density at radius 2 is 1.86 bits per heavy atom. The Morgan fingerprint density at radius 3 is 2.48 bits per heavy atom. The van der Waals surface area contributed by atoms with Gasteiger partial charge >= 0.3 is 0 Å². The quantitative estimate of drug-likeness (QED) is 0.578. The predicted molar refractivity (Wildman–Crippen MR) is 117 cm³/mol. The Morgan fingerprint density at radius 1 is 1.17 bits per heavy atom. The van der Waals surface area contributed by atoms with E-state index in [9.17, 15) is 13.2 Å². The van der Waals surface area contributed by atoms with Gasteiger partial charge in [-0.2, -0.15) is 0 Å². The van der Waals surface area contributed by atoms with E-state index in [1.165, 1.54) is 25.0 Å². The third kappa shape index (κ3) is 6.08. The summed E-state index contributed by atoms with van der Waals surface area (Å²) in [5.74, 6) is 0.643. The molecule has 0 bridgehead atoms. The smallest absolute Gasteiger partial charge is 0.261 e. The molecule has 2 aromatic carbocycles. The van der Waals surface area contributed by atoms with Crippen molar-refractivity contribution in [1.82, 2.24) is 4.90 Å². The average molecular weight is 433 g/mol. The van der Waals surface area contributed by atoms with Crippen molar-refractivity contribution in [3.8, 4) is 0 Å². The van der Waals surface area contributed by atoms with Gasteiger partial charge in [0.15, 0.2) is 0 Å². The van der Waals surface area contributed by atoms with Crippen LogP contribution in [0.25, 0.3) is 6.08 Å². The van der Waals surface area contributed by atoms with Crippen LogP contribution in [0.15, 0.2) is 59.5 Å². The van der Waals surface area contributed by atoms with E-state index in [2.05, 4.69) is 11.6 Å². The van der Waals surface area contributed by atoms with E-state index in [0.717, 1.165) is 25.1 Å². The molecule has 1 fully saturated rings. The number of nitrogens with one attached hydrogen (secondary N) is 1. The summed E-state index contributed by atoms with van der Waals surface area (Å²) >= 11 is 6.03. The molecule has 0 heterocycles. The molecule has 1 amide bonds. The summed E-state index contributed by atoms with van der Waals surface area (Å²) in [5, 5.41) is 0.331. The second kappa shape index (κ2) is 9.46. The fourth-order valence-corrected chi connectivity index (χ4v) is 4.27. The van der Waals surface area contributed by atoms with Crippen molar-refractivity contribution >= 4 is 39.3 Å². The van der Waals surface area contributed by atoms with Crippen LogP contribution >= 0.6 is 11.6 Å². The standard InChI is InChI=1S/C22H25ClN2O3S/c1-2-15-25(16-18-7-8-18)22(26)14-11-17-9-12-19(13-10-17)29(27,28)24-21-6-4-3-5-20(21)23/h3-6,9-14,18,24H,2,7-8,15-16H2,1H3/b14-11+. The maximum absolute atomic E-state index is 12.6.